The number of benzene rings is 1. The van der Waals surface area contributed by atoms with Crippen LogP contribution in [0.3, 0.4) is 0 Å². The smallest absolute Gasteiger partial charge is 0.353 e. The van der Waals surface area contributed by atoms with E-state index in [2.05, 4.69) is 4.98 Å². The largest absolute Gasteiger partial charge is 0.477 e. The van der Waals surface area contributed by atoms with E-state index >= 15 is 8.78 Å². The number of thioether (sulfide) groups is 2. The molecule has 3 aliphatic rings. The molecule has 4 N–H and O–H groups in total. The van der Waals surface area contributed by atoms with Gasteiger partial charge >= 0.3 is 5.97 Å². The number of carbonyl (C=O) groups is 3. The molecule has 2 aromatic heterocycles. The van der Waals surface area contributed by atoms with Crippen molar-refractivity contribution in [3.63, 3.8) is 0 Å². The van der Waals surface area contributed by atoms with Crippen molar-refractivity contribution in [1.82, 2.24) is 14.5 Å². The van der Waals surface area contributed by atoms with Crippen molar-refractivity contribution in [3.05, 3.63) is 74.3 Å². The van der Waals surface area contributed by atoms with Crippen molar-refractivity contribution in [1.29, 1.82) is 0 Å². The van der Waals surface area contributed by atoms with E-state index in [0.717, 1.165) is 45.6 Å². The summed E-state index contributed by atoms with van der Waals surface area (Å²) in [5.41, 5.74) is 3.84. The number of rotatable bonds is 7. The van der Waals surface area contributed by atoms with Crippen molar-refractivity contribution >= 4 is 57.4 Å². The Hall–Kier alpha value is -3.86. The average Bonchev–Trinajstić information content (AvgIpc) is 3.53. The number of fused-ring (bicyclic) bond motifs is 2. The summed E-state index contributed by atoms with van der Waals surface area (Å²) >= 11 is 1.60. The number of pyridine rings is 2. The molecular weight excluding hydrogens is 623 g/mol. The number of aliphatic hydroxyl groups is 1. The zero-order chi connectivity index (χ0) is 31.6. The minimum atomic E-state index is -1.39. The lowest BCUT2D eigenvalue weighted by Gasteiger charge is -2.43. The number of carbonyl (C=O) groups excluding carboxylic acids is 2. The van der Waals surface area contributed by atoms with Crippen molar-refractivity contribution in [2.45, 2.75) is 30.9 Å². The molecule has 2 fully saturated rings. The van der Waals surface area contributed by atoms with E-state index < -0.39 is 62.8 Å². The summed E-state index contributed by atoms with van der Waals surface area (Å²) in [4.78, 5) is 58.6. The van der Waals surface area contributed by atoms with Crippen LogP contribution in [0, 0.1) is 23.4 Å². The number of carboxylic acids is 1. The van der Waals surface area contributed by atoms with Gasteiger partial charge in [-0.1, -0.05) is 11.8 Å². The molecule has 230 valence electrons. The molecular formula is C28H24F3N5O6S2. The predicted molar refractivity (Wildman–Crippen MR) is 157 cm³/mol. The molecule has 0 bridgehead atoms. The minimum Gasteiger partial charge on any atom is -0.477 e. The van der Waals surface area contributed by atoms with E-state index in [9.17, 15) is 33.8 Å². The van der Waals surface area contributed by atoms with Crippen LogP contribution >= 0.6 is 23.5 Å². The summed E-state index contributed by atoms with van der Waals surface area (Å²) in [6.45, 7) is 2.12. The Morgan fingerprint density at radius 3 is 2.59 bits per heavy atom. The van der Waals surface area contributed by atoms with Crippen LogP contribution in [0.2, 0.25) is 0 Å². The summed E-state index contributed by atoms with van der Waals surface area (Å²) in [7, 11) is 0. The van der Waals surface area contributed by atoms with Crippen LogP contribution in [0.15, 0.2) is 45.9 Å². The number of aromatic nitrogens is 2. The molecule has 2 saturated heterocycles. The fraction of sp³-hybridized carbons (Fsp3) is 0.321. The van der Waals surface area contributed by atoms with Gasteiger partial charge in [0.05, 0.1) is 28.7 Å². The Morgan fingerprint density at radius 1 is 1.20 bits per heavy atom. The van der Waals surface area contributed by atoms with Crippen LogP contribution in [0.5, 0.6) is 0 Å². The lowest BCUT2D eigenvalue weighted by atomic mass is 9.92. The molecule has 1 unspecified atom stereocenters. The molecule has 0 radical (unpaired) electrons. The molecule has 4 atom stereocenters. The van der Waals surface area contributed by atoms with E-state index in [1.165, 1.54) is 6.92 Å². The number of amides is 1. The summed E-state index contributed by atoms with van der Waals surface area (Å²) in [6, 6.07) is 3.37. The summed E-state index contributed by atoms with van der Waals surface area (Å²) in [5.74, 6) is -5.86. The first-order valence-corrected chi connectivity index (χ1v) is 15.3. The maximum atomic E-state index is 15.3. The van der Waals surface area contributed by atoms with Gasteiger partial charge in [-0.2, -0.15) is 0 Å². The monoisotopic (exact) mass is 647 g/mol. The lowest BCUT2D eigenvalue weighted by molar-refractivity contribution is -0.156. The van der Waals surface area contributed by atoms with Gasteiger partial charge in [0.25, 0.3) is 0 Å². The Morgan fingerprint density at radius 2 is 1.95 bits per heavy atom. The summed E-state index contributed by atoms with van der Waals surface area (Å²) in [6.07, 6.45) is 0.600. The van der Waals surface area contributed by atoms with Crippen LogP contribution in [0.1, 0.15) is 23.7 Å². The van der Waals surface area contributed by atoms with Crippen LogP contribution in [0.25, 0.3) is 16.7 Å². The van der Waals surface area contributed by atoms with Crippen molar-refractivity contribution in [3.8, 4) is 5.69 Å². The third-order valence-electron chi connectivity index (χ3n) is 7.74. The number of nitrogens with two attached hydrogens (primary N) is 1. The number of nitrogens with zero attached hydrogens (tertiary/aromatic N) is 4. The molecule has 6 rings (SSSR count). The van der Waals surface area contributed by atoms with Crippen LogP contribution in [-0.4, -0.2) is 78.0 Å². The van der Waals surface area contributed by atoms with Crippen molar-refractivity contribution in [2.75, 3.05) is 23.7 Å². The molecule has 5 heterocycles. The molecule has 3 aromatic rings. The van der Waals surface area contributed by atoms with Crippen molar-refractivity contribution in [2.24, 2.45) is 11.7 Å². The molecule has 3 aliphatic heterocycles. The third kappa shape index (κ3) is 4.95. The first kappa shape index (κ1) is 30.2. The zero-order valence-electron chi connectivity index (χ0n) is 22.9. The van der Waals surface area contributed by atoms with Crippen LogP contribution in [0.4, 0.5) is 19.0 Å². The molecule has 0 spiro atoms. The fourth-order valence-electron chi connectivity index (χ4n) is 5.59. The van der Waals surface area contributed by atoms with E-state index in [4.69, 9.17) is 5.73 Å². The van der Waals surface area contributed by atoms with E-state index in [-0.39, 0.29) is 44.9 Å². The summed E-state index contributed by atoms with van der Waals surface area (Å²) in [5, 5.41) is 17.9. The highest BCUT2D eigenvalue weighted by Crippen LogP contribution is 2.51. The van der Waals surface area contributed by atoms with Gasteiger partial charge in [0.1, 0.15) is 22.7 Å². The molecule has 16 heteroatoms. The standard InChI is InChI=1S/C28H24F3N5O6S2/c1-11(37)20-25(39)36-21(27(40)41)19(44-26(20)36)10-43-28(42)15-9-35(18-3-2-12(29)6-16(18)30)23-14(22(15)38)7-17(31)24(33-23)34-5-4-13(32)8-34/h2-3,6-7,9,11,13,20,26,37H,4-5,8,10,32H2,1H3,(H,40,41)/t11-,13?,20-,26-/m1/s1. The van der Waals surface area contributed by atoms with Crippen molar-refractivity contribution < 1.29 is 37.8 Å². The van der Waals surface area contributed by atoms with Gasteiger partial charge in [-0.15, -0.1) is 11.8 Å². The molecule has 1 amide bonds. The molecule has 11 nitrogen and oxygen atoms in total. The minimum absolute atomic E-state index is 0.115. The number of β-lactam (4-membered cyclic amide) rings is 1. The van der Waals surface area contributed by atoms with Gasteiger partial charge in [0, 0.05) is 42.1 Å². The van der Waals surface area contributed by atoms with Gasteiger partial charge in [0.15, 0.2) is 17.3 Å². The normalized spacial score (nSPS) is 22.0. The van der Waals surface area contributed by atoms with Crippen LogP contribution in [-0.2, 0) is 9.59 Å². The second-order valence-corrected chi connectivity index (χ2v) is 12.8. The van der Waals surface area contributed by atoms with Gasteiger partial charge in [-0.3, -0.25) is 23.9 Å². The Labute approximate surface area is 255 Å². The second kappa shape index (κ2) is 11.3. The van der Waals surface area contributed by atoms with E-state index in [0.29, 0.717) is 37.3 Å². The van der Waals surface area contributed by atoms with Gasteiger partial charge in [0.2, 0.25) is 16.5 Å². The highest BCUT2D eigenvalue weighted by Gasteiger charge is 2.57. The zero-order valence-corrected chi connectivity index (χ0v) is 24.5. The van der Waals surface area contributed by atoms with Crippen LogP contribution < -0.4 is 16.1 Å². The number of aliphatic carboxylic acids is 1. The first-order chi connectivity index (χ1) is 20.9. The maximum Gasteiger partial charge on any atom is 0.353 e. The highest BCUT2D eigenvalue weighted by atomic mass is 32.2. The molecule has 0 aliphatic carbocycles. The maximum absolute atomic E-state index is 15.3. The SMILES string of the molecule is C[C@@H](O)[C@@H]1C(=O)N2C(C(=O)O)=C(CSC(=O)c3cn(-c4ccc(F)cc4F)c4nc(N5CCC(N)C5)c(F)cc4c3=O)S[C@H]12. The predicted octanol–water partition coefficient (Wildman–Crippen LogP) is 2.42. The number of anilines is 1. The fourth-order valence-corrected chi connectivity index (χ4v) is 8.13. The van der Waals surface area contributed by atoms with E-state index in [1.54, 1.807) is 4.90 Å². The lowest BCUT2D eigenvalue weighted by Crippen LogP contribution is -2.60. The quantitative estimate of drug-likeness (QED) is 0.324. The summed E-state index contributed by atoms with van der Waals surface area (Å²) < 4.78 is 45.2. The number of carboxylic acid groups (broad SMARTS) is 1. The van der Waals surface area contributed by atoms with E-state index in [1.807, 2.05) is 0 Å². The average molecular weight is 648 g/mol. The number of halogens is 3. The topological polar surface area (TPSA) is 159 Å². The number of hydrogen-bond acceptors (Lipinski definition) is 10. The Bertz CT molecular complexity index is 1850. The van der Waals surface area contributed by atoms with Gasteiger partial charge in [-0.25, -0.2) is 22.9 Å². The third-order valence-corrected chi connectivity index (χ3v) is 10.2. The molecule has 44 heavy (non-hydrogen) atoms. The van der Waals surface area contributed by atoms with Gasteiger partial charge < -0.3 is 20.8 Å². The van der Waals surface area contributed by atoms with Gasteiger partial charge in [-0.05, 0) is 31.5 Å². The Balaban J connectivity index is 1.40. The number of aliphatic hydroxyl groups excluding tert-OH is 1. The first-order valence-electron chi connectivity index (χ1n) is 13.4. The number of hydrogen-bond donors (Lipinski definition) is 3. The Kier molecular flexibility index (Phi) is 7.72. The second-order valence-electron chi connectivity index (χ2n) is 10.6. The molecule has 0 saturated carbocycles. The molecule has 1 aromatic carbocycles. The highest BCUT2D eigenvalue weighted by molar-refractivity contribution is 8.15.